The van der Waals surface area contributed by atoms with Gasteiger partial charge in [-0.3, -0.25) is 0 Å². The van der Waals surface area contributed by atoms with Crippen molar-refractivity contribution >= 4 is 0 Å². The summed E-state index contributed by atoms with van der Waals surface area (Å²) in [7, 11) is 0. The van der Waals surface area contributed by atoms with Crippen molar-refractivity contribution in [3.8, 4) is 0 Å². The Morgan fingerprint density at radius 3 is 2.33 bits per heavy atom. The van der Waals surface area contributed by atoms with Gasteiger partial charge in [0, 0.05) is 0 Å². The lowest BCUT2D eigenvalue weighted by Crippen LogP contribution is -2.48. The van der Waals surface area contributed by atoms with Gasteiger partial charge in [0.1, 0.15) is 0 Å². The quantitative estimate of drug-likeness (QED) is 0.650. The van der Waals surface area contributed by atoms with E-state index >= 15 is 0 Å². The fraction of sp³-hybridized carbons (Fsp3) is 1.00. The van der Waals surface area contributed by atoms with Gasteiger partial charge in [-0.25, -0.2) is 0 Å². The molecule has 2 aliphatic heterocycles. The maximum Gasteiger partial charge on any atom is 0.439 e. The number of rotatable bonds is 1. The third kappa shape index (κ3) is 0.939. The van der Waals surface area contributed by atoms with E-state index in [1.165, 1.54) is 0 Å². The molecule has 1 unspecified atom stereocenters. The van der Waals surface area contributed by atoms with Crippen LogP contribution in [0, 0.1) is 0 Å². The average molecular weight is 179 g/mol. The number of alkyl halides is 3. The third-order valence-corrected chi connectivity index (χ3v) is 2.28. The summed E-state index contributed by atoms with van der Waals surface area (Å²) in [5.41, 5.74) is -2.09. The van der Waals surface area contributed by atoms with Gasteiger partial charge in [0.25, 0.3) is 5.66 Å². The summed E-state index contributed by atoms with van der Waals surface area (Å²) >= 11 is 0. The topological polar surface area (TPSA) is 36.8 Å². The predicted molar refractivity (Wildman–Crippen MR) is 34.7 cm³/mol. The summed E-state index contributed by atoms with van der Waals surface area (Å²) in [5.74, 6) is 0. The Morgan fingerprint density at radius 2 is 2.00 bits per heavy atom. The van der Waals surface area contributed by atoms with E-state index in [2.05, 4.69) is 15.5 Å². The zero-order valence-electron chi connectivity index (χ0n) is 6.23. The molecule has 1 saturated heterocycles. The van der Waals surface area contributed by atoms with Gasteiger partial charge in [-0.15, -0.1) is 10.2 Å². The monoisotopic (exact) mass is 179 g/mol. The molecule has 0 aromatic rings. The van der Waals surface area contributed by atoms with E-state index in [4.69, 9.17) is 0 Å². The first-order valence-electron chi connectivity index (χ1n) is 3.80. The van der Waals surface area contributed by atoms with Crippen molar-refractivity contribution < 1.29 is 13.2 Å². The second-order valence-electron chi connectivity index (χ2n) is 3.07. The Morgan fingerprint density at radius 1 is 1.33 bits per heavy atom. The third-order valence-electron chi connectivity index (χ3n) is 2.28. The lowest BCUT2D eigenvalue weighted by atomic mass is 10.0. The van der Waals surface area contributed by atoms with Crippen molar-refractivity contribution in [1.29, 1.82) is 0 Å². The Kier molecular flexibility index (Phi) is 1.45. The predicted octanol–water partition coefficient (Wildman–Crippen LogP) is 1.46. The Balaban J connectivity index is 2.11. The van der Waals surface area contributed by atoms with Crippen LogP contribution in [0.5, 0.6) is 0 Å². The molecule has 2 aliphatic rings. The molecule has 68 valence electrons. The zero-order chi connectivity index (χ0) is 8.82. The summed E-state index contributed by atoms with van der Waals surface area (Å²) in [6.45, 7) is 0.632. The van der Waals surface area contributed by atoms with E-state index in [9.17, 15) is 13.2 Å². The van der Waals surface area contributed by atoms with Crippen molar-refractivity contribution in [3.63, 3.8) is 0 Å². The van der Waals surface area contributed by atoms with Gasteiger partial charge in [-0.05, 0) is 19.4 Å². The molecule has 2 heterocycles. The molecule has 1 N–H and O–H groups in total. The van der Waals surface area contributed by atoms with Crippen LogP contribution in [-0.2, 0) is 0 Å². The Labute approximate surface area is 67.0 Å². The van der Waals surface area contributed by atoms with Crippen LogP contribution in [-0.4, -0.2) is 24.4 Å². The minimum Gasteiger partial charge on any atom is -0.310 e. The molecule has 0 amide bonds. The highest BCUT2D eigenvalue weighted by atomic mass is 19.4. The van der Waals surface area contributed by atoms with E-state index < -0.39 is 17.9 Å². The van der Waals surface area contributed by atoms with Crippen molar-refractivity contribution in [1.82, 2.24) is 5.32 Å². The number of halogens is 3. The Hall–Kier alpha value is -0.650. The smallest absolute Gasteiger partial charge is 0.310 e. The number of nitrogens with zero attached hydrogens (tertiary/aromatic N) is 2. The first-order valence-corrected chi connectivity index (χ1v) is 3.80. The minimum absolute atomic E-state index is 0.506. The van der Waals surface area contributed by atoms with Crippen molar-refractivity contribution in [2.75, 3.05) is 6.54 Å². The second kappa shape index (κ2) is 2.18. The lowest BCUT2D eigenvalue weighted by Gasteiger charge is -2.20. The van der Waals surface area contributed by atoms with Crippen molar-refractivity contribution in [3.05, 3.63) is 0 Å². The molecular formula is C6H8F3N3. The van der Waals surface area contributed by atoms with Crippen LogP contribution in [0.3, 0.4) is 0 Å². The standard InChI is InChI=1S/C6H8F3N3/c7-6(8,9)5(11-12-5)4-2-1-3-10-4/h4,10H,1-3H2. The van der Waals surface area contributed by atoms with Gasteiger partial charge >= 0.3 is 6.18 Å². The first-order chi connectivity index (χ1) is 5.56. The SMILES string of the molecule is FC(F)(F)C1(C2CCCN2)N=N1. The van der Waals surface area contributed by atoms with Gasteiger partial charge in [0.15, 0.2) is 0 Å². The molecule has 0 saturated carbocycles. The molecule has 0 bridgehead atoms. The minimum atomic E-state index is -4.32. The van der Waals surface area contributed by atoms with Crippen molar-refractivity contribution in [2.24, 2.45) is 10.2 Å². The lowest BCUT2D eigenvalue weighted by molar-refractivity contribution is -0.169. The molecule has 0 aliphatic carbocycles. The van der Waals surface area contributed by atoms with Crippen LogP contribution in [0.15, 0.2) is 10.2 Å². The van der Waals surface area contributed by atoms with Gasteiger partial charge in [-0.2, -0.15) is 13.2 Å². The largest absolute Gasteiger partial charge is 0.439 e. The summed E-state index contributed by atoms with van der Waals surface area (Å²) in [5, 5.41) is 9.01. The fourth-order valence-electron chi connectivity index (χ4n) is 1.53. The van der Waals surface area contributed by atoms with Crippen LogP contribution in [0.25, 0.3) is 0 Å². The fourth-order valence-corrected chi connectivity index (χ4v) is 1.53. The molecule has 2 rings (SSSR count). The Bertz CT molecular complexity index is 211. The molecule has 1 fully saturated rings. The molecule has 6 heteroatoms. The van der Waals surface area contributed by atoms with Crippen LogP contribution in [0.2, 0.25) is 0 Å². The zero-order valence-corrected chi connectivity index (χ0v) is 6.23. The summed E-state index contributed by atoms with van der Waals surface area (Å²) < 4.78 is 37.0. The molecular weight excluding hydrogens is 171 g/mol. The number of hydrogen-bond acceptors (Lipinski definition) is 3. The van der Waals surface area contributed by atoms with E-state index in [1.54, 1.807) is 0 Å². The van der Waals surface area contributed by atoms with Crippen LogP contribution >= 0.6 is 0 Å². The summed E-state index contributed by atoms with van der Waals surface area (Å²) in [6.07, 6.45) is -3.05. The van der Waals surface area contributed by atoms with E-state index in [1.807, 2.05) is 0 Å². The second-order valence-corrected chi connectivity index (χ2v) is 3.07. The molecule has 0 aromatic heterocycles. The normalized spacial score (nSPS) is 32.4. The van der Waals surface area contributed by atoms with Gasteiger partial charge in [0.2, 0.25) is 0 Å². The molecule has 1 atom stereocenters. The molecule has 3 nitrogen and oxygen atoms in total. The summed E-state index contributed by atoms with van der Waals surface area (Å²) in [6, 6.07) is -0.627. The van der Waals surface area contributed by atoms with Crippen molar-refractivity contribution in [2.45, 2.75) is 30.7 Å². The van der Waals surface area contributed by atoms with E-state index in [-0.39, 0.29) is 0 Å². The van der Waals surface area contributed by atoms with Gasteiger partial charge in [0.05, 0.1) is 6.04 Å². The van der Waals surface area contributed by atoms with Gasteiger partial charge in [-0.1, -0.05) is 0 Å². The molecule has 0 radical (unpaired) electrons. The maximum atomic E-state index is 12.3. The van der Waals surface area contributed by atoms with E-state index in [0.29, 0.717) is 13.0 Å². The average Bonchev–Trinajstić information content (AvgIpc) is 2.61. The van der Waals surface area contributed by atoms with Crippen LogP contribution in [0.4, 0.5) is 13.2 Å². The number of nitrogens with one attached hydrogen (secondary N) is 1. The highest BCUT2D eigenvalue weighted by Gasteiger charge is 2.68. The highest BCUT2D eigenvalue weighted by Crippen LogP contribution is 2.48. The first kappa shape index (κ1) is 7.97. The molecule has 0 aromatic carbocycles. The van der Waals surface area contributed by atoms with Crippen LogP contribution in [0.1, 0.15) is 12.8 Å². The maximum absolute atomic E-state index is 12.3. The van der Waals surface area contributed by atoms with Gasteiger partial charge < -0.3 is 5.32 Å². The van der Waals surface area contributed by atoms with E-state index in [0.717, 1.165) is 6.42 Å². The highest BCUT2D eigenvalue weighted by molar-refractivity contribution is 5.10. The number of hydrogen-bond donors (Lipinski definition) is 1. The van der Waals surface area contributed by atoms with Crippen LogP contribution < -0.4 is 5.32 Å². The molecule has 12 heavy (non-hydrogen) atoms. The summed E-state index contributed by atoms with van der Waals surface area (Å²) in [4.78, 5) is 0. The molecule has 0 spiro atoms.